The van der Waals surface area contributed by atoms with Crippen LogP contribution in [0.3, 0.4) is 0 Å². The van der Waals surface area contributed by atoms with E-state index in [0.29, 0.717) is 5.56 Å². The molecule has 1 unspecified atom stereocenters. The largest absolute Gasteiger partial charge is 0.467 e. The number of carbonyl (C=O) groups excluding carboxylic acids is 4. The summed E-state index contributed by atoms with van der Waals surface area (Å²) in [7, 11) is 2.03. The molecule has 0 saturated carbocycles. The highest BCUT2D eigenvalue weighted by Gasteiger charge is 2.73. The van der Waals surface area contributed by atoms with Crippen molar-refractivity contribution in [3.8, 4) is 0 Å². The van der Waals surface area contributed by atoms with E-state index < -0.39 is 47.4 Å². The average molecular weight is 407 g/mol. The van der Waals surface area contributed by atoms with Crippen LogP contribution in [-0.2, 0) is 39.8 Å². The van der Waals surface area contributed by atoms with Crippen LogP contribution >= 0.6 is 0 Å². The first-order valence-corrected chi connectivity index (χ1v) is 9.09. The number of amides is 1. The number of nitrogens with zero attached hydrogens (tertiary/aromatic N) is 1. The number of hydrogen-bond acceptors (Lipinski definition) is 8. The van der Waals surface area contributed by atoms with E-state index in [1.807, 2.05) is 0 Å². The molecule has 1 N–H and O–H groups in total. The van der Waals surface area contributed by atoms with Crippen molar-refractivity contribution in [3.05, 3.63) is 35.9 Å². The molecule has 1 aliphatic heterocycles. The summed E-state index contributed by atoms with van der Waals surface area (Å²) in [5, 5.41) is 11.0. The zero-order chi connectivity index (χ0) is 21.8. The van der Waals surface area contributed by atoms with Gasteiger partial charge in [0.1, 0.15) is 11.6 Å². The Morgan fingerprint density at radius 2 is 1.69 bits per heavy atom. The van der Waals surface area contributed by atoms with Gasteiger partial charge in [0.15, 0.2) is 0 Å². The monoisotopic (exact) mass is 407 g/mol. The van der Waals surface area contributed by atoms with Crippen molar-refractivity contribution in [2.24, 2.45) is 0 Å². The second-order valence-electron chi connectivity index (χ2n) is 6.87. The van der Waals surface area contributed by atoms with Crippen LogP contribution in [0.5, 0.6) is 0 Å². The Balaban J connectivity index is 2.69. The zero-order valence-corrected chi connectivity index (χ0v) is 16.8. The Kier molecular flexibility index (Phi) is 6.63. The molecule has 1 aliphatic rings. The fraction of sp³-hybridized carbons (Fsp3) is 0.500. The molecule has 9 nitrogen and oxygen atoms in total. The summed E-state index contributed by atoms with van der Waals surface area (Å²) in [6, 6.07) is 7.35. The maximum atomic E-state index is 12.9. The molecule has 9 heteroatoms. The minimum absolute atomic E-state index is 0.0198. The summed E-state index contributed by atoms with van der Waals surface area (Å²) in [5.41, 5.74) is -4.07. The van der Waals surface area contributed by atoms with Gasteiger partial charge in [-0.2, -0.15) is 0 Å². The van der Waals surface area contributed by atoms with Gasteiger partial charge >= 0.3 is 17.9 Å². The molecule has 1 saturated heterocycles. The van der Waals surface area contributed by atoms with Gasteiger partial charge < -0.3 is 24.2 Å². The van der Waals surface area contributed by atoms with E-state index >= 15 is 0 Å². The number of carbonyl (C=O) groups is 4. The van der Waals surface area contributed by atoms with Crippen molar-refractivity contribution >= 4 is 23.8 Å². The van der Waals surface area contributed by atoms with Crippen LogP contribution in [0.25, 0.3) is 0 Å². The van der Waals surface area contributed by atoms with Gasteiger partial charge in [0.2, 0.25) is 5.91 Å². The first-order valence-electron chi connectivity index (χ1n) is 9.09. The maximum Gasteiger partial charge on any atom is 0.346 e. The molecule has 2 atom stereocenters. The van der Waals surface area contributed by atoms with Gasteiger partial charge in [0, 0.05) is 6.42 Å². The van der Waals surface area contributed by atoms with Crippen molar-refractivity contribution in [1.82, 2.24) is 4.90 Å². The summed E-state index contributed by atoms with van der Waals surface area (Å²) >= 11 is 0. The molecule has 0 spiro atoms. The highest BCUT2D eigenvalue weighted by atomic mass is 16.6. The molecule has 0 radical (unpaired) electrons. The molecule has 158 valence electrons. The number of benzene rings is 1. The van der Waals surface area contributed by atoms with Crippen molar-refractivity contribution in [1.29, 1.82) is 0 Å². The van der Waals surface area contributed by atoms with Crippen LogP contribution in [0.15, 0.2) is 30.3 Å². The average Bonchev–Trinajstić information content (AvgIpc) is 2.91. The van der Waals surface area contributed by atoms with E-state index in [2.05, 4.69) is 0 Å². The third-order valence-electron chi connectivity index (χ3n) is 5.01. The number of esters is 3. The highest BCUT2D eigenvalue weighted by Crippen LogP contribution is 2.43. The van der Waals surface area contributed by atoms with Crippen LogP contribution < -0.4 is 0 Å². The summed E-state index contributed by atoms with van der Waals surface area (Å²) in [5.74, 6) is -4.01. The van der Waals surface area contributed by atoms with Gasteiger partial charge in [-0.1, -0.05) is 30.3 Å². The van der Waals surface area contributed by atoms with E-state index in [4.69, 9.17) is 14.2 Å². The van der Waals surface area contributed by atoms with E-state index in [9.17, 15) is 24.3 Å². The lowest BCUT2D eigenvalue weighted by atomic mass is 9.80. The highest BCUT2D eigenvalue weighted by molar-refractivity contribution is 6.13. The second kappa shape index (κ2) is 8.60. The Morgan fingerprint density at radius 1 is 1.14 bits per heavy atom. The standard InChI is InChI=1S/C20H25NO8/c1-5-29-16(23)14(11-13-9-7-6-8-10-13)21-15(22)12-19(2,26)20(21,17(24)27-3)18(25)28-4/h6-10,14,26H,5,11-12H2,1-4H3/t14-,19?/m1/s1. The van der Waals surface area contributed by atoms with Crippen molar-refractivity contribution < 1.29 is 38.5 Å². The lowest BCUT2D eigenvalue weighted by molar-refractivity contribution is -0.190. The molecular weight excluding hydrogens is 382 g/mol. The molecule has 29 heavy (non-hydrogen) atoms. The second-order valence-corrected chi connectivity index (χ2v) is 6.87. The van der Waals surface area contributed by atoms with Crippen molar-refractivity contribution in [3.63, 3.8) is 0 Å². The Hall–Kier alpha value is -2.94. The third-order valence-corrected chi connectivity index (χ3v) is 5.01. The van der Waals surface area contributed by atoms with Crippen molar-refractivity contribution in [2.45, 2.75) is 43.9 Å². The van der Waals surface area contributed by atoms with Crippen LogP contribution in [-0.4, -0.2) is 71.8 Å². The van der Waals surface area contributed by atoms with E-state index in [1.165, 1.54) is 0 Å². The van der Waals surface area contributed by atoms with Crippen LogP contribution in [0.1, 0.15) is 25.8 Å². The van der Waals surface area contributed by atoms with Gasteiger partial charge in [0.25, 0.3) is 5.54 Å². The fourth-order valence-electron chi connectivity index (χ4n) is 3.73. The molecule has 1 aromatic carbocycles. The topological polar surface area (TPSA) is 119 Å². The van der Waals surface area contributed by atoms with Gasteiger partial charge in [-0.25, -0.2) is 14.4 Å². The SMILES string of the molecule is CCOC(=O)[C@@H](Cc1ccccc1)N1C(=O)CC(C)(O)C1(C(=O)OC)C(=O)OC. The predicted molar refractivity (Wildman–Crippen MR) is 99.4 cm³/mol. The zero-order valence-electron chi connectivity index (χ0n) is 16.8. The Labute approximate surface area is 168 Å². The molecule has 1 aromatic rings. The minimum Gasteiger partial charge on any atom is -0.467 e. The first-order chi connectivity index (χ1) is 13.7. The molecule has 1 heterocycles. The predicted octanol–water partition coefficient (Wildman–Crippen LogP) is 0.229. The van der Waals surface area contributed by atoms with Gasteiger partial charge in [-0.15, -0.1) is 0 Å². The lowest BCUT2D eigenvalue weighted by Gasteiger charge is -2.42. The summed E-state index contributed by atoms with van der Waals surface area (Å²) < 4.78 is 14.6. The molecule has 1 fully saturated rings. The van der Waals surface area contributed by atoms with Crippen LogP contribution in [0.2, 0.25) is 0 Å². The molecule has 0 aliphatic carbocycles. The quantitative estimate of drug-likeness (QED) is 0.388. The van der Waals surface area contributed by atoms with Crippen molar-refractivity contribution in [2.75, 3.05) is 20.8 Å². The normalized spacial score (nSPS) is 21.4. The number of aliphatic hydroxyl groups is 1. The molecule has 2 rings (SSSR count). The Morgan fingerprint density at radius 3 is 2.17 bits per heavy atom. The summed E-state index contributed by atoms with van der Waals surface area (Å²) in [6.45, 7) is 2.77. The van der Waals surface area contributed by atoms with Gasteiger partial charge in [0.05, 0.1) is 27.2 Å². The van der Waals surface area contributed by atoms with Crippen LogP contribution in [0.4, 0.5) is 0 Å². The summed E-state index contributed by atoms with van der Waals surface area (Å²) in [4.78, 5) is 52.1. The maximum absolute atomic E-state index is 12.9. The fourth-order valence-corrected chi connectivity index (χ4v) is 3.73. The third kappa shape index (κ3) is 3.69. The Bertz CT molecular complexity index is 773. The molecule has 0 aromatic heterocycles. The van der Waals surface area contributed by atoms with E-state index in [0.717, 1.165) is 26.0 Å². The number of ether oxygens (including phenoxy) is 3. The number of rotatable bonds is 7. The van der Waals surface area contributed by atoms with E-state index in [1.54, 1.807) is 37.3 Å². The number of likely N-dealkylation sites (tertiary alicyclic amines) is 1. The number of hydrogen-bond donors (Lipinski definition) is 1. The van der Waals surface area contributed by atoms with E-state index in [-0.39, 0.29) is 13.0 Å². The van der Waals surface area contributed by atoms with Gasteiger partial charge in [-0.3, -0.25) is 4.79 Å². The molecule has 1 amide bonds. The first kappa shape index (κ1) is 22.4. The molecular formula is C20H25NO8. The number of methoxy groups -OCH3 is 2. The van der Waals surface area contributed by atoms with Crippen LogP contribution in [0, 0.1) is 0 Å². The van der Waals surface area contributed by atoms with Gasteiger partial charge in [-0.05, 0) is 19.4 Å². The molecule has 0 bridgehead atoms. The lowest BCUT2D eigenvalue weighted by Crippen LogP contribution is -2.71. The smallest absolute Gasteiger partial charge is 0.346 e. The summed E-state index contributed by atoms with van der Waals surface area (Å²) in [6.07, 6.45) is -0.626. The minimum atomic E-state index is -2.56.